The van der Waals surface area contributed by atoms with Crippen molar-refractivity contribution in [1.82, 2.24) is 19.4 Å². The van der Waals surface area contributed by atoms with Crippen LogP contribution in [0.3, 0.4) is 0 Å². The Bertz CT molecular complexity index is 1510. The standard InChI is InChI=1S/C29H34F3N7O3/c1-17-14-39(15-18(2)37(17)4)25-13-22(30)20(23-5-6-33-29(35-23)38-7-9-42-10-8-38)11-24(25)34-28(41)21-16-36(3)26(40)12-19(21)27(31)32/h5-6,11-13,16-18,27H,7-10,14-15H2,1-4H3,(H,34,41). The highest BCUT2D eigenvalue weighted by Crippen LogP contribution is 2.36. The normalized spacial score (nSPS) is 19.8. The Kier molecular flexibility index (Phi) is 8.50. The first-order valence-electron chi connectivity index (χ1n) is 13.8. The smallest absolute Gasteiger partial charge is 0.264 e. The predicted octanol–water partition coefficient (Wildman–Crippen LogP) is 3.54. The molecule has 10 nitrogen and oxygen atoms in total. The quantitative estimate of drug-likeness (QED) is 0.470. The second-order valence-electron chi connectivity index (χ2n) is 10.8. The van der Waals surface area contributed by atoms with Gasteiger partial charge in [0.2, 0.25) is 5.95 Å². The molecule has 2 aliphatic rings. The van der Waals surface area contributed by atoms with Crippen molar-refractivity contribution in [2.75, 3.05) is 61.6 Å². The highest BCUT2D eigenvalue weighted by Gasteiger charge is 2.30. The minimum absolute atomic E-state index is 0.121. The van der Waals surface area contributed by atoms with Crippen LogP contribution in [0.15, 0.2) is 41.5 Å². The molecule has 224 valence electrons. The first-order chi connectivity index (χ1) is 20.0. The van der Waals surface area contributed by atoms with Crippen molar-refractivity contribution < 1.29 is 22.7 Å². The van der Waals surface area contributed by atoms with Crippen molar-refractivity contribution in [2.45, 2.75) is 32.4 Å². The SMILES string of the molecule is CC1CN(c2cc(F)c(-c3ccnc(N4CCOCC4)n3)cc2NC(=O)c2cn(C)c(=O)cc2C(F)F)CC(C)N1C. The van der Waals surface area contributed by atoms with Crippen molar-refractivity contribution in [2.24, 2.45) is 7.05 Å². The van der Waals surface area contributed by atoms with Crippen LogP contribution in [0.25, 0.3) is 11.3 Å². The zero-order chi connectivity index (χ0) is 30.1. The molecule has 0 aliphatic carbocycles. The van der Waals surface area contributed by atoms with Gasteiger partial charge in [-0.2, -0.15) is 0 Å². The average molecular weight is 586 g/mol. The second kappa shape index (κ2) is 12.1. The van der Waals surface area contributed by atoms with E-state index in [4.69, 9.17) is 4.74 Å². The Labute approximate surface area is 241 Å². The molecule has 2 aliphatic heterocycles. The highest BCUT2D eigenvalue weighted by molar-refractivity contribution is 6.07. The van der Waals surface area contributed by atoms with Crippen LogP contribution >= 0.6 is 0 Å². The summed E-state index contributed by atoms with van der Waals surface area (Å²) in [5, 5.41) is 2.74. The van der Waals surface area contributed by atoms with Gasteiger partial charge in [-0.1, -0.05) is 0 Å². The van der Waals surface area contributed by atoms with Gasteiger partial charge in [0.05, 0.1) is 35.8 Å². The van der Waals surface area contributed by atoms with Crippen LogP contribution in [0, 0.1) is 5.82 Å². The van der Waals surface area contributed by atoms with Gasteiger partial charge >= 0.3 is 0 Å². The Morgan fingerprint density at radius 1 is 1.07 bits per heavy atom. The number of halogens is 3. The number of carbonyl (C=O) groups is 1. The summed E-state index contributed by atoms with van der Waals surface area (Å²) in [6.45, 7) is 7.47. The molecule has 13 heteroatoms. The maximum atomic E-state index is 15.9. The number of aromatic nitrogens is 3. The maximum Gasteiger partial charge on any atom is 0.264 e. The fraction of sp³-hybridized carbons (Fsp3) is 0.448. The van der Waals surface area contributed by atoms with E-state index in [9.17, 15) is 18.4 Å². The number of morpholine rings is 1. The Hall–Kier alpha value is -3.97. The summed E-state index contributed by atoms with van der Waals surface area (Å²) in [7, 11) is 3.40. The summed E-state index contributed by atoms with van der Waals surface area (Å²) in [5.41, 5.74) is -0.597. The first kappa shape index (κ1) is 29.5. The number of likely N-dealkylation sites (N-methyl/N-ethyl adjacent to an activating group) is 1. The molecular weight excluding hydrogens is 551 g/mol. The van der Waals surface area contributed by atoms with Gasteiger partial charge in [-0.25, -0.2) is 23.1 Å². The number of ether oxygens (including phenoxy) is 1. The zero-order valence-corrected chi connectivity index (χ0v) is 24.0. The molecule has 0 saturated carbocycles. The number of aryl methyl sites for hydroxylation is 1. The van der Waals surface area contributed by atoms with Crippen molar-refractivity contribution >= 4 is 23.2 Å². The molecule has 2 aromatic heterocycles. The van der Waals surface area contributed by atoms with Crippen LogP contribution in [0.5, 0.6) is 0 Å². The molecule has 0 spiro atoms. The number of amides is 1. The van der Waals surface area contributed by atoms with E-state index in [1.807, 2.05) is 16.8 Å². The molecule has 2 atom stereocenters. The lowest BCUT2D eigenvalue weighted by atomic mass is 10.0. The van der Waals surface area contributed by atoms with Gasteiger partial charge in [0.25, 0.3) is 17.9 Å². The number of alkyl halides is 2. The number of anilines is 3. The number of nitrogens with one attached hydrogen (secondary N) is 1. The van der Waals surface area contributed by atoms with Crippen LogP contribution in [-0.2, 0) is 11.8 Å². The minimum atomic E-state index is -3.04. The predicted molar refractivity (Wildman–Crippen MR) is 154 cm³/mol. The molecule has 4 heterocycles. The van der Waals surface area contributed by atoms with E-state index < -0.39 is 29.3 Å². The summed E-state index contributed by atoms with van der Waals surface area (Å²) in [5.74, 6) is -0.964. The molecule has 0 bridgehead atoms. The number of piperazine rings is 1. The van der Waals surface area contributed by atoms with E-state index in [2.05, 4.69) is 34.0 Å². The topological polar surface area (TPSA) is 95.8 Å². The lowest BCUT2D eigenvalue weighted by Crippen LogP contribution is -2.55. The number of hydrogen-bond acceptors (Lipinski definition) is 8. The first-order valence-corrected chi connectivity index (χ1v) is 13.8. The van der Waals surface area contributed by atoms with Gasteiger partial charge in [0.1, 0.15) is 5.82 Å². The van der Waals surface area contributed by atoms with Gasteiger partial charge in [-0.3, -0.25) is 14.5 Å². The Morgan fingerprint density at radius 2 is 1.76 bits per heavy atom. The van der Waals surface area contributed by atoms with Crippen LogP contribution in [0.4, 0.5) is 30.5 Å². The second-order valence-corrected chi connectivity index (χ2v) is 10.8. The summed E-state index contributed by atoms with van der Waals surface area (Å²) in [4.78, 5) is 40.6. The van der Waals surface area contributed by atoms with Crippen molar-refractivity contribution in [3.63, 3.8) is 0 Å². The average Bonchev–Trinajstić information content (AvgIpc) is 2.97. The molecule has 1 N–H and O–H groups in total. The fourth-order valence-electron chi connectivity index (χ4n) is 5.34. The molecule has 2 unspecified atom stereocenters. The lowest BCUT2D eigenvalue weighted by molar-refractivity contribution is 0.101. The molecule has 5 rings (SSSR count). The van der Waals surface area contributed by atoms with Gasteiger partial charge in [0.15, 0.2) is 0 Å². The summed E-state index contributed by atoms with van der Waals surface area (Å²) in [6.07, 6.45) is -0.411. The van der Waals surface area contributed by atoms with Gasteiger partial charge < -0.3 is 24.4 Å². The number of carbonyl (C=O) groups excluding carboxylic acids is 1. The van der Waals surface area contributed by atoms with Gasteiger partial charge in [0, 0.05) is 74.9 Å². The van der Waals surface area contributed by atoms with Crippen LogP contribution < -0.4 is 20.7 Å². The van der Waals surface area contributed by atoms with Crippen molar-refractivity contribution in [3.05, 3.63) is 64.0 Å². The fourth-order valence-corrected chi connectivity index (χ4v) is 5.34. The van der Waals surface area contributed by atoms with E-state index >= 15 is 4.39 Å². The third kappa shape index (κ3) is 5.97. The Balaban J connectivity index is 1.58. The molecule has 3 aromatic rings. The van der Waals surface area contributed by atoms with E-state index in [-0.39, 0.29) is 28.9 Å². The third-order valence-corrected chi connectivity index (χ3v) is 7.99. The molecule has 0 radical (unpaired) electrons. The van der Waals surface area contributed by atoms with Crippen LogP contribution in [-0.4, -0.2) is 83.9 Å². The van der Waals surface area contributed by atoms with E-state index in [1.165, 1.54) is 19.2 Å². The molecular formula is C29H34F3N7O3. The van der Waals surface area contributed by atoms with E-state index in [0.717, 1.165) is 16.8 Å². The molecule has 42 heavy (non-hydrogen) atoms. The summed E-state index contributed by atoms with van der Waals surface area (Å²) >= 11 is 0. The summed E-state index contributed by atoms with van der Waals surface area (Å²) in [6, 6.07) is 5.43. The number of rotatable bonds is 6. The zero-order valence-electron chi connectivity index (χ0n) is 24.0. The molecule has 2 saturated heterocycles. The largest absolute Gasteiger partial charge is 0.378 e. The monoisotopic (exact) mass is 585 g/mol. The summed E-state index contributed by atoms with van der Waals surface area (Å²) < 4.78 is 50.0. The third-order valence-electron chi connectivity index (χ3n) is 7.99. The highest BCUT2D eigenvalue weighted by atomic mass is 19.3. The number of benzene rings is 1. The number of nitrogens with zero attached hydrogens (tertiary/aromatic N) is 6. The minimum Gasteiger partial charge on any atom is -0.378 e. The van der Waals surface area contributed by atoms with Crippen LogP contribution in [0.2, 0.25) is 0 Å². The lowest BCUT2D eigenvalue weighted by Gasteiger charge is -2.44. The Morgan fingerprint density at radius 3 is 2.43 bits per heavy atom. The van der Waals surface area contributed by atoms with Gasteiger partial charge in [-0.15, -0.1) is 0 Å². The molecule has 1 amide bonds. The molecule has 1 aromatic carbocycles. The molecule has 2 fully saturated rings. The van der Waals surface area contributed by atoms with Gasteiger partial charge in [-0.05, 0) is 39.1 Å². The number of hydrogen-bond donors (Lipinski definition) is 1. The van der Waals surface area contributed by atoms with Crippen LogP contribution in [0.1, 0.15) is 36.2 Å². The van der Waals surface area contributed by atoms with E-state index in [1.54, 1.807) is 12.3 Å². The van der Waals surface area contributed by atoms with Crippen molar-refractivity contribution in [3.8, 4) is 11.3 Å². The maximum absolute atomic E-state index is 15.9. The number of pyridine rings is 1. The van der Waals surface area contributed by atoms with Crippen molar-refractivity contribution in [1.29, 1.82) is 0 Å². The van der Waals surface area contributed by atoms with E-state index in [0.29, 0.717) is 56.7 Å².